The molecule has 0 fully saturated rings. The van der Waals surface area contributed by atoms with Gasteiger partial charge in [0.2, 0.25) is 5.13 Å². The molecule has 138 valence electrons. The Morgan fingerprint density at radius 2 is 1.68 bits per heavy atom. The standard InChI is InChI=1S/C23H19N3OS/c27-22-12-11-18(13-17-7-3-1-4-8-17)14-20(22)15-24-26-23-25-21(16-28-23)19-9-5-2-6-10-19/h1-12,14-16,27H,13H2,(H,25,26). The Kier molecular flexibility index (Phi) is 5.45. The number of anilines is 1. The van der Waals surface area contributed by atoms with E-state index in [2.05, 4.69) is 27.6 Å². The fourth-order valence-electron chi connectivity index (χ4n) is 2.87. The lowest BCUT2D eigenvalue weighted by atomic mass is 10.0. The van der Waals surface area contributed by atoms with E-state index in [-0.39, 0.29) is 5.75 Å². The van der Waals surface area contributed by atoms with Crippen LogP contribution in [-0.2, 0) is 6.42 Å². The Morgan fingerprint density at radius 1 is 0.929 bits per heavy atom. The highest BCUT2D eigenvalue weighted by Gasteiger charge is 2.04. The van der Waals surface area contributed by atoms with Gasteiger partial charge in [-0.05, 0) is 29.7 Å². The second kappa shape index (κ2) is 8.50. The number of nitrogens with one attached hydrogen (secondary N) is 1. The number of phenolic OH excluding ortho intramolecular Hbond substituents is 1. The largest absolute Gasteiger partial charge is 0.507 e. The first-order valence-corrected chi connectivity index (χ1v) is 9.82. The van der Waals surface area contributed by atoms with E-state index in [0.717, 1.165) is 23.2 Å². The lowest BCUT2D eigenvalue weighted by Crippen LogP contribution is -1.93. The third kappa shape index (κ3) is 4.45. The summed E-state index contributed by atoms with van der Waals surface area (Å²) in [5.74, 6) is 0.200. The van der Waals surface area contributed by atoms with Crippen LogP contribution in [0, 0.1) is 0 Å². The number of aromatic nitrogens is 1. The van der Waals surface area contributed by atoms with Crippen molar-refractivity contribution in [1.82, 2.24) is 4.98 Å². The monoisotopic (exact) mass is 385 g/mol. The zero-order valence-corrected chi connectivity index (χ0v) is 15.9. The van der Waals surface area contributed by atoms with Crippen molar-refractivity contribution in [3.63, 3.8) is 0 Å². The molecule has 0 aliphatic heterocycles. The van der Waals surface area contributed by atoms with Crippen LogP contribution in [0.15, 0.2) is 89.3 Å². The van der Waals surface area contributed by atoms with Crippen LogP contribution >= 0.6 is 11.3 Å². The molecule has 3 aromatic carbocycles. The van der Waals surface area contributed by atoms with Crippen molar-refractivity contribution in [3.05, 3.63) is 101 Å². The number of thiazole rings is 1. The Morgan fingerprint density at radius 3 is 2.46 bits per heavy atom. The lowest BCUT2D eigenvalue weighted by molar-refractivity contribution is 0.474. The average molecular weight is 385 g/mol. The highest BCUT2D eigenvalue weighted by Crippen LogP contribution is 2.24. The number of phenols is 1. The molecule has 0 saturated heterocycles. The first-order chi connectivity index (χ1) is 13.8. The molecule has 0 atom stereocenters. The zero-order chi connectivity index (χ0) is 19.2. The van der Waals surface area contributed by atoms with Crippen LogP contribution in [-0.4, -0.2) is 16.3 Å². The molecule has 0 saturated carbocycles. The van der Waals surface area contributed by atoms with Gasteiger partial charge >= 0.3 is 0 Å². The van der Waals surface area contributed by atoms with Gasteiger partial charge in [0, 0.05) is 16.5 Å². The summed E-state index contributed by atoms with van der Waals surface area (Å²) in [4.78, 5) is 4.54. The first-order valence-electron chi connectivity index (χ1n) is 8.94. The second-order valence-electron chi connectivity index (χ2n) is 6.33. The van der Waals surface area contributed by atoms with E-state index < -0.39 is 0 Å². The van der Waals surface area contributed by atoms with Crippen molar-refractivity contribution < 1.29 is 5.11 Å². The number of hydrazone groups is 1. The van der Waals surface area contributed by atoms with Gasteiger partial charge in [-0.1, -0.05) is 66.7 Å². The van der Waals surface area contributed by atoms with Crippen LogP contribution < -0.4 is 5.43 Å². The van der Waals surface area contributed by atoms with Crippen molar-refractivity contribution in [2.45, 2.75) is 6.42 Å². The van der Waals surface area contributed by atoms with Gasteiger partial charge in [-0.3, -0.25) is 5.43 Å². The number of benzene rings is 3. The number of rotatable bonds is 6. The Labute approximate surface area is 167 Å². The lowest BCUT2D eigenvalue weighted by Gasteiger charge is -2.05. The van der Waals surface area contributed by atoms with E-state index >= 15 is 0 Å². The van der Waals surface area contributed by atoms with Crippen molar-refractivity contribution in [2.24, 2.45) is 5.10 Å². The first kappa shape index (κ1) is 17.9. The van der Waals surface area contributed by atoms with Crippen LogP contribution in [0.2, 0.25) is 0 Å². The molecule has 1 heterocycles. The van der Waals surface area contributed by atoms with Crippen LogP contribution in [0.4, 0.5) is 5.13 Å². The Hall–Kier alpha value is -3.44. The van der Waals surface area contributed by atoms with Crippen molar-refractivity contribution >= 4 is 22.7 Å². The van der Waals surface area contributed by atoms with Gasteiger partial charge in [0.15, 0.2) is 0 Å². The number of hydrogen-bond donors (Lipinski definition) is 2. The molecular formula is C23H19N3OS. The molecule has 1 aromatic heterocycles. The maximum atomic E-state index is 10.1. The summed E-state index contributed by atoms with van der Waals surface area (Å²) >= 11 is 1.49. The van der Waals surface area contributed by atoms with Crippen molar-refractivity contribution in [2.75, 3.05) is 5.43 Å². The van der Waals surface area contributed by atoms with Gasteiger partial charge < -0.3 is 5.11 Å². The van der Waals surface area contributed by atoms with E-state index in [9.17, 15) is 5.11 Å². The minimum absolute atomic E-state index is 0.200. The van der Waals surface area contributed by atoms with Crippen molar-refractivity contribution in [1.29, 1.82) is 0 Å². The van der Waals surface area contributed by atoms with E-state index in [1.54, 1.807) is 12.3 Å². The summed E-state index contributed by atoms with van der Waals surface area (Å²) in [5.41, 5.74) is 7.94. The number of hydrogen-bond acceptors (Lipinski definition) is 5. The molecule has 4 aromatic rings. The maximum Gasteiger partial charge on any atom is 0.203 e. The highest BCUT2D eigenvalue weighted by molar-refractivity contribution is 7.14. The molecule has 0 unspecified atom stereocenters. The third-order valence-electron chi connectivity index (χ3n) is 4.28. The number of aromatic hydroxyl groups is 1. The SMILES string of the molecule is Oc1ccc(Cc2ccccc2)cc1C=NNc1nc(-c2ccccc2)cs1. The van der Waals surface area contributed by atoms with E-state index in [4.69, 9.17) is 0 Å². The molecule has 0 amide bonds. The highest BCUT2D eigenvalue weighted by atomic mass is 32.1. The summed E-state index contributed by atoms with van der Waals surface area (Å²) in [7, 11) is 0. The minimum Gasteiger partial charge on any atom is -0.507 e. The molecule has 2 N–H and O–H groups in total. The predicted molar refractivity (Wildman–Crippen MR) is 116 cm³/mol. The molecule has 4 nitrogen and oxygen atoms in total. The Balaban J connectivity index is 1.44. The topological polar surface area (TPSA) is 57.5 Å². The fraction of sp³-hybridized carbons (Fsp3) is 0.0435. The second-order valence-corrected chi connectivity index (χ2v) is 7.19. The van der Waals surface area contributed by atoms with Gasteiger partial charge in [0.25, 0.3) is 0 Å². The molecule has 0 radical (unpaired) electrons. The fourth-order valence-corrected chi connectivity index (χ4v) is 3.54. The predicted octanol–water partition coefficient (Wildman–Crippen LogP) is 5.55. The summed E-state index contributed by atoms with van der Waals surface area (Å²) in [5, 5.41) is 17.1. The molecule has 5 heteroatoms. The quantitative estimate of drug-likeness (QED) is 0.338. The van der Waals surface area contributed by atoms with Crippen LogP contribution in [0.1, 0.15) is 16.7 Å². The summed E-state index contributed by atoms with van der Waals surface area (Å²) in [6, 6.07) is 25.8. The van der Waals surface area contributed by atoms with E-state index in [1.165, 1.54) is 16.9 Å². The van der Waals surface area contributed by atoms with E-state index in [0.29, 0.717) is 10.7 Å². The average Bonchev–Trinajstić information content (AvgIpc) is 3.21. The van der Waals surface area contributed by atoms with E-state index in [1.807, 2.05) is 66.0 Å². The number of nitrogens with zero attached hydrogens (tertiary/aromatic N) is 2. The molecular weight excluding hydrogens is 366 g/mol. The Bertz CT molecular complexity index is 1080. The van der Waals surface area contributed by atoms with Gasteiger partial charge in [-0.25, -0.2) is 4.98 Å². The maximum absolute atomic E-state index is 10.1. The van der Waals surface area contributed by atoms with Crippen LogP contribution in [0.25, 0.3) is 11.3 Å². The van der Waals surface area contributed by atoms with Gasteiger partial charge in [0.1, 0.15) is 5.75 Å². The molecule has 0 spiro atoms. The molecule has 4 rings (SSSR count). The van der Waals surface area contributed by atoms with Gasteiger partial charge in [-0.15, -0.1) is 11.3 Å². The van der Waals surface area contributed by atoms with Gasteiger partial charge in [0.05, 0.1) is 11.9 Å². The molecule has 0 aliphatic carbocycles. The third-order valence-corrected chi connectivity index (χ3v) is 5.03. The smallest absolute Gasteiger partial charge is 0.203 e. The minimum atomic E-state index is 0.200. The van der Waals surface area contributed by atoms with Crippen LogP contribution in [0.5, 0.6) is 5.75 Å². The van der Waals surface area contributed by atoms with Crippen LogP contribution in [0.3, 0.4) is 0 Å². The molecule has 0 aliphatic rings. The summed E-state index contributed by atoms with van der Waals surface area (Å²) in [6.07, 6.45) is 2.43. The molecule has 28 heavy (non-hydrogen) atoms. The normalized spacial score (nSPS) is 11.0. The van der Waals surface area contributed by atoms with Crippen molar-refractivity contribution in [3.8, 4) is 17.0 Å². The summed E-state index contributed by atoms with van der Waals surface area (Å²) < 4.78 is 0. The molecule has 0 bridgehead atoms. The van der Waals surface area contributed by atoms with Gasteiger partial charge in [-0.2, -0.15) is 5.10 Å². The summed E-state index contributed by atoms with van der Waals surface area (Å²) in [6.45, 7) is 0. The zero-order valence-electron chi connectivity index (χ0n) is 15.1.